The van der Waals surface area contributed by atoms with E-state index in [0.29, 0.717) is 25.6 Å². The number of halogens is 1. The Bertz CT molecular complexity index is 420. The van der Waals surface area contributed by atoms with E-state index in [1.54, 1.807) is 12.3 Å². The average molecular weight is 253 g/mol. The first kappa shape index (κ1) is 12.6. The Morgan fingerprint density at radius 1 is 1.56 bits per heavy atom. The van der Waals surface area contributed by atoms with Gasteiger partial charge in [-0.3, -0.25) is 0 Å². The quantitative estimate of drug-likeness (QED) is 0.865. The zero-order valence-electron chi connectivity index (χ0n) is 9.97. The lowest BCUT2D eigenvalue weighted by Crippen LogP contribution is -2.39. The second-order valence-corrected chi connectivity index (χ2v) is 4.43. The fourth-order valence-corrected chi connectivity index (χ4v) is 2.09. The minimum Gasteiger partial charge on any atom is -0.465 e. The molecule has 1 fully saturated rings. The number of carboxylic acid groups (broad SMARTS) is 1. The molecule has 1 aliphatic rings. The molecule has 2 rings (SSSR count). The smallest absolute Gasteiger partial charge is 0.407 e. The Balaban J connectivity index is 1.79. The van der Waals surface area contributed by atoms with Crippen LogP contribution in [0.1, 0.15) is 12.8 Å². The van der Waals surface area contributed by atoms with E-state index in [0.717, 1.165) is 12.8 Å². The molecule has 0 spiro atoms. The number of anilines is 1. The number of hydrogen-bond acceptors (Lipinski definition) is 3. The standard InChI is InChI=1S/C12H16FN3O2/c13-10-2-1-5-14-11(10)15-8-9-3-6-16(7-4-9)12(17)18/h1-2,5,9H,3-4,6-8H2,(H,14,15)(H,17,18). The first-order valence-electron chi connectivity index (χ1n) is 5.99. The molecule has 5 nitrogen and oxygen atoms in total. The molecule has 0 saturated carbocycles. The van der Waals surface area contributed by atoms with E-state index in [9.17, 15) is 9.18 Å². The molecule has 1 aromatic heterocycles. The molecule has 1 aromatic rings. The van der Waals surface area contributed by atoms with Crippen LogP contribution in [0.2, 0.25) is 0 Å². The van der Waals surface area contributed by atoms with Gasteiger partial charge >= 0.3 is 6.09 Å². The number of rotatable bonds is 3. The van der Waals surface area contributed by atoms with Crippen molar-refractivity contribution in [2.24, 2.45) is 5.92 Å². The predicted octanol–water partition coefficient (Wildman–Crippen LogP) is 2.02. The number of nitrogens with zero attached hydrogens (tertiary/aromatic N) is 2. The lowest BCUT2D eigenvalue weighted by atomic mass is 9.97. The summed E-state index contributed by atoms with van der Waals surface area (Å²) in [5.41, 5.74) is 0. The normalized spacial score (nSPS) is 16.6. The van der Waals surface area contributed by atoms with Crippen molar-refractivity contribution in [2.45, 2.75) is 12.8 Å². The number of pyridine rings is 1. The highest BCUT2D eigenvalue weighted by Crippen LogP contribution is 2.18. The molecule has 1 amide bonds. The van der Waals surface area contributed by atoms with Gasteiger partial charge in [-0.05, 0) is 30.9 Å². The molecule has 0 aromatic carbocycles. The van der Waals surface area contributed by atoms with Crippen molar-refractivity contribution < 1.29 is 14.3 Å². The largest absolute Gasteiger partial charge is 0.465 e. The zero-order chi connectivity index (χ0) is 13.0. The fourth-order valence-electron chi connectivity index (χ4n) is 2.09. The molecule has 18 heavy (non-hydrogen) atoms. The van der Waals surface area contributed by atoms with Crippen molar-refractivity contribution in [3.05, 3.63) is 24.1 Å². The van der Waals surface area contributed by atoms with Crippen LogP contribution in [0.3, 0.4) is 0 Å². The Hall–Kier alpha value is -1.85. The number of carbonyl (C=O) groups is 1. The van der Waals surface area contributed by atoms with Crippen molar-refractivity contribution >= 4 is 11.9 Å². The number of hydrogen-bond donors (Lipinski definition) is 2. The van der Waals surface area contributed by atoms with Crippen molar-refractivity contribution in [3.63, 3.8) is 0 Å². The first-order chi connectivity index (χ1) is 8.66. The lowest BCUT2D eigenvalue weighted by Gasteiger charge is -2.30. The zero-order valence-corrected chi connectivity index (χ0v) is 9.97. The Morgan fingerprint density at radius 3 is 2.89 bits per heavy atom. The third-order valence-corrected chi connectivity index (χ3v) is 3.20. The van der Waals surface area contributed by atoms with E-state index in [1.807, 2.05) is 0 Å². The van der Waals surface area contributed by atoms with E-state index in [4.69, 9.17) is 5.11 Å². The maximum atomic E-state index is 13.3. The molecule has 6 heteroatoms. The highest BCUT2D eigenvalue weighted by Gasteiger charge is 2.22. The maximum Gasteiger partial charge on any atom is 0.407 e. The van der Waals surface area contributed by atoms with Gasteiger partial charge in [0.05, 0.1) is 0 Å². The lowest BCUT2D eigenvalue weighted by molar-refractivity contribution is 0.126. The van der Waals surface area contributed by atoms with E-state index < -0.39 is 6.09 Å². The molecule has 0 unspecified atom stereocenters. The van der Waals surface area contributed by atoms with Crippen LogP contribution in [0.25, 0.3) is 0 Å². The Morgan fingerprint density at radius 2 is 2.28 bits per heavy atom. The molecule has 1 aliphatic heterocycles. The summed E-state index contributed by atoms with van der Waals surface area (Å²) in [6.07, 6.45) is 2.28. The molecule has 1 saturated heterocycles. The van der Waals surface area contributed by atoms with Gasteiger partial charge in [0, 0.05) is 25.8 Å². The van der Waals surface area contributed by atoms with Crippen molar-refractivity contribution in [3.8, 4) is 0 Å². The van der Waals surface area contributed by atoms with Gasteiger partial charge in [-0.25, -0.2) is 14.2 Å². The number of likely N-dealkylation sites (tertiary alicyclic amines) is 1. The Kier molecular flexibility index (Phi) is 3.96. The topological polar surface area (TPSA) is 65.5 Å². The molecule has 0 radical (unpaired) electrons. The van der Waals surface area contributed by atoms with E-state index in [-0.39, 0.29) is 11.6 Å². The van der Waals surface area contributed by atoms with Gasteiger partial charge in [-0.1, -0.05) is 0 Å². The number of aromatic nitrogens is 1. The summed E-state index contributed by atoms with van der Waals surface area (Å²) in [4.78, 5) is 16.1. The molecule has 0 aliphatic carbocycles. The molecule has 0 bridgehead atoms. The molecule has 2 heterocycles. The van der Waals surface area contributed by atoms with Gasteiger partial charge in [-0.2, -0.15) is 0 Å². The first-order valence-corrected chi connectivity index (χ1v) is 5.99. The number of piperidine rings is 1. The fraction of sp³-hybridized carbons (Fsp3) is 0.500. The third kappa shape index (κ3) is 3.09. The van der Waals surface area contributed by atoms with Gasteiger partial charge in [-0.15, -0.1) is 0 Å². The summed E-state index contributed by atoms with van der Waals surface area (Å²) in [7, 11) is 0. The molecular weight excluding hydrogens is 237 g/mol. The maximum absolute atomic E-state index is 13.3. The second-order valence-electron chi connectivity index (χ2n) is 4.43. The minimum atomic E-state index is -0.864. The van der Waals surface area contributed by atoms with Gasteiger partial charge in [0.1, 0.15) is 0 Å². The van der Waals surface area contributed by atoms with E-state index >= 15 is 0 Å². The summed E-state index contributed by atoms with van der Waals surface area (Å²) in [6.45, 7) is 1.72. The second kappa shape index (κ2) is 5.66. The third-order valence-electron chi connectivity index (χ3n) is 3.20. The van der Waals surface area contributed by atoms with Crippen molar-refractivity contribution in [1.29, 1.82) is 0 Å². The summed E-state index contributed by atoms with van der Waals surface area (Å²) in [5.74, 6) is 0.264. The Labute approximate surface area is 105 Å². The highest BCUT2D eigenvalue weighted by atomic mass is 19.1. The van der Waals surface area contributed by atoms with Crippen molar-refractivity contribution in [2.75, 3.05) is 25.0 Å². The predicted molar refractivity (Wildman–Crippen MR) is 65.0 cm³/mol. The van der Waals surface area contributed by atoms with E-state index in [2.05, 4.69) is 10.3 Å². The van der Waals surface area contributed by atoms with Gasteiger partial charge in [0.2, 0.25) is 0 Å². The monoisotopic (exact) mass is 253 g/mol. The number of amides is 1. The van der Waals surface area contributed by atoms with Crippen molar-refractivity contribution in [1.82, 2.24) is 9.88 Å². The average Bonchev–Trinajstić information content (AvgIpc) is 2.38. The summed E-state index contributed by atoms with van der Waals surface area (Å²) in [6, 6.07) is 2.91. The SMILES string of the molecule is O=C(O)N1CCC(CNc2ncccc2F)CC1. The molecule has 2 N–H and O–H groups in total. The van der Waals surface area contributed by atoms with E-state index in [1.165, 1.54) is 11.0 Å². The van der Waals surface area contributed by atoms with Crippen LogP contribution in [-0.4, -0.2) is 40.7 Å². The van der Waals surface area contributed by atoms with Crippen LogP contribution < -0.4 is 5.32 Å². The highest BCUT2D eigenvalue weighted by molar-refractivity contribution is 5.64. The van der Waals surface area contributed by atoms with Crippen LogP contribution >= 0.6 is 0 Å². The molecule has 98 valence electrons. The van der Waals surface area contributed by atoms with Gasteiger partial charge < -0.3 is 15.3 Å². The summed E-state index contributed by atoms with van der Waals surface area (Å²) < 4.78 is 13.3. The van der Waals surface area contributed by atoms with Crippen LogP contribution in [0.15, 0.2) is 18.3 Å². The van der Waals surface area contributed by atoms with Crippen LogP contribution in [0.4, 0.5) is 15.0 Å². The van der Waals surface area contributed by atoms with Gasteiger partial charge in [0.25, 0.3) is 0 Å². The molecule has 0 atom stereocenters. The number of nitrogens with one attached hydrogen (secondary N) is 1. The van der Waals surface area contributed by atoms with Gasteiger partial charge in [0.15, 0.2) is 11.6 Å². The van der Waals surface area contributed by atoms with Crippen LogP contribution in [0.5, 0.6) is 0 Å². The summed E-state index contributed by atoms with van der Waals surface area (Å²) in [5, 5.41) is 11.8. The minimum absolute atomic E-state index is 0.262. The van der Waals surface area contributed by atoms with Crippen LogP contribution in [-0.2, 0) is 0 Å². The van der Waals surface area contributed by atoms with Crippen LogP contribution in [0, 0.1) is 11.7 Å². The summed E-state index contributed by atoms with van der Waals surface area (Å²) >= 11 is 0. The molecular formula is C12H16FN3O2.